The van der Waals surface area contributed by atoms with Crippen LogP contribution < -0.4 is 0 Å². The van der Waals surface area contributed by atoms with E-state index in [9.17, 15) is 0 Å². The molecule has 16 heavy (non-hydrogen) atoms. The first kappa shape index (κ1) is 13.2. The predicted octanol–water partition coefficient (Wildman–Crippen LogP) is 3.41. The summed E-state index contributed by atoms with van der Waals surface area (Å²) in [6, 6.07) is 10.4. The third kappa shape index (κ3) is 5.89. The van der Waals surface area contributed by atoms with E-state index in [-0.39, 0.29) is 6.29 Å². The van der Waals surface area contributed by atoms with Gasteiger partial charge in [0.2, 0.25) is 0 Å². The molecule has 0 N–H and O–H groups in total. The van der Waals surface area contributed by atoms with Crippen molar-refractivity contribution in [1.82, 2.24) is 0 Å². The first-order valence-electron chi connectivity index (χ1n) is 6.10. The normalized spacial score (nSPS) is 12.6. The molecule has 2 nitrogen and oxygen atoms in total. The molecule has 0 saturated heterocycles. The van der Waals surface area contributed by atoms with Crippen LogP contribution >= 0.6 is 0 Å². The van der Waals surface area contributed by atoms with Crippen LogP contribution in [0.5, 0.6) is 0 Å². The second kappa shape index (κ2) is 8.31. The summed E-state index contributed by atoms with van der Waals surface area (Å²) in [5, 5.41) is 0. The first-order chi connectivity index (χ1) is 7.83. The Hall–Kier alpha value is -0.860. The standard InChI is InChI=1S/C14H22O2/c1-3-4-11-15-13(2)16-12-10-14-8-6-5-7-9-14/h5-9,13H,3-4,10-12H2,1-2H3/t13-/m1/s1. The Labute approximate surface area is 98.6 Å². The van der Waals surface area contributed by atoms with Crippen LogP contribution in [0.2, 0.25) is 0 Å². The third-order valence-electron chi connectivity index (χ3n) is 2.44. The number of hydrogen-bond donors (Lipinski definition) is 0. The van der Waals surface area contributed by atoms with Crippen molar-refractivity contribution in [2.24, 2.45) is 0 Å². The van der Waals surface area contributed by atoms with Crippen LogP contribution in [-0.4, -0.2) is 19.5 Å². The molecule has 0 aliphatic rings. The molecule has 1 aromatic carbocycles. The number of ether oxygens (including phenoxy) is 2. The van der Waals surface area contributed by atoms with Gasteiger partial charge in [0, 0.05) is 6.61 Å². The second-order valence-corrected chi connectivity index (χ2v) is 3.90. The summed E-state index contributed by atoms with van der Waals surface area (Å²) in [5.41, 5.74) is 1.31. The third-order valence-corrected chi connectivity index (χ3v) is 2.44. The fourth-order valence-corrected chi connectivity index (χ4v) is 1.43. The van der Waals surface area contributed by atoms with E-state index in [1.807, 2.05) is 13.0 Å². The summed E-state index contributed by atoms with van der Waals surface area (Å²) in [4.78, 5) is 0. The van der Waals surface area contributed by atoms with Crippen LogP contribution in [-0.2, 0) is 15.9 Å². The Morgan fingerprint density at radius 2 is 1.75 bits per heavy atom. The van der Waals surface area contributed by atoms with Crippen LogP contribution in [0.1, 0.15) is 32.3 Å². The average molecular weight is 222 g/mol. The van der Waals surface area contributed by atoms with Crippen molar-refractivity contribution in [3.63, 3.8) is 0 Å². The van der Waals surface area contributed by atoms with E-state index in [0.717, 1.165) is 32.5 Å². The molecule has 0 aromatic heterocycles. The van der Waals surface area contributed by atoms with Gasteiger partial charge in [0.25, 0.3) is 0 Å². The SMILES string of the molecule is CCCCO[C@@H](C)OCCc1ccccc1. The van der Waals surface area contributed by atoms with Gasteiger partial charge in [-0.05, 0) is 25.3 Å². The zero-order chi connectivity index (χ0) is 11.6. The summed E-state index contributed by atoms with van der Waals surface area (Å²) < 4.78 is 11.1. The summed E-state index contributed by atoms with van der Waals surface area (Å²) in [6.45, 7) is 5.63. The van der Waals surface area contributed by atoms with Crippen LogP contribution in [0.15, 0.2) is 30.3 Å². The average Bonchev–Trinajstić information content (AvgIpc) is 2.31. The smallest absolute Gasteiger partial charge is 0.154 e. The molecule has 2 heteroatoms. The van der Waals surface area contributed by atoms with Gasteiger partial charge >= 0.3 is 0 Å². The van der Waals surface area contributed by atoms with Gasteiger partial charge in [-0.15, -0.1) is 0 Å². The highest BCUT2D eigenvalue weighted by atomic mass is 16.7. The van der Waals surface area contributed by atoms with Gasteiger partial charge in [-0.3, -0.25) is 0 Å². The Morgan fingerprint density at radius 1 is 1.06 bits per heavy atom. The van der Waals surface area contributed by atoms with E-state index in [0.29, 0.717) is 0 Å². The molecule has 0 bridgehead atoms. The molecule has 0 saturated carbocycles. The lowest BCUT2D eigenvalue weighted by atomic mass is 10.2. The van der Waals surface area contributed by atoms with E-state index in [1.165, 1.54) is 5.56 Å². The lowest BCUT2D eigenvalue weighted by molar-refractivity contribution is -0.130. The van der Waals surface area contributed by atoms with Gasteiger partial charge in [-0.25, -0.2) is 0 Å². The van der Waals surface area contributed by atoms with Crippen molar-refractivity contribution < 1.29 is 9.47 Å². The topological polar surface area (TPSA) is 18.5 Å². The fraction of sp³-hybridized carbons (Fsp3) is 0.571. The molecule has 0 amide bonds. The highest BCUT2D eigenvalue weighted by Crippen LogP contribution is 2.02. The molecule has 0 aliphatic carbocycles. The Morgan fingerprint density at radius 3 is 2.44 bits per heavy atom. The van der Waals surface area contributed by atoms with Crippen molar-refractivity contribution >= 4 is 0 Å². The molecule has 0 unspecified atom stereocenters. The van der Waals surface area contributed by atoms with Crippen LogP contribution in [0.3, 0.4) is 0 Å². The highest BCUT2D eigenvalue weighted by Gasteiger charge is 2.01. The zero-order valence-electron chi connectivity index (χ0n) is 10.3. The molecule has 90 valence electrons. The molecule has 0 heterocycles. The lowest BCUT2D eigenvalue weighted by Gasteiger charge is -2.13. The molecular weight excluding hydrogens is 200 g/mol. The molecule has 0 radical (unpaired) electrons. The van der Waals surface area contributed by atoms with Gasteiger partial charge in [0.05, 0.1) is 6.61 Å². The number of rotatable bonds is 8. The summed E-state index contributed by atoms with van der Waals surface area (Å²) in [5.74, 6) is 0. The summed E-state index contributed by atoms with van der Waals surface area (Å²) in [7, 11) is 0. The number of unbranched alkanes of at least 4 members (excludes halogenated alkanes) is 1. The van der Waals surface area contributed by atoms with Gasteiger partial charge < -0.3 is 9.47 Å². The molecule has 0 spiro atoms. The Kier molecular flexibility index (Phi) is 6.86. The van der Waals surface area contributed by atoms with E-state index in [4.69, 9.17) is 9.47 Å². The van der Waals surface area contributed by atoms with Crippen LogP contribution in [0, 0.1) is 0 Å². The van der Waals surface area contributed by atoms with Crippen molar-refractivity contribution in [2.75, 3.05) is 13.2 Å². The molecular formula is C14H22O2. The molecule has 1 aromatic rings. The number of benzene rings is 1. The number of hydrogen-bond acceptors (Lipinski definition) is 2. The van der Waals surface area contributed by atoms with E-state index in [2.05, 4.69) is 31.2 Å². The zero-order valence-corrected chi connectivity index (χ0v) is 10.3. The fourth-order valence-electron chi connectivity index (χ4n) is 1.43. The van der Waals surface area contributed by atoms with Crippen molar-refractivity contribution in [3.8, 4) is 0 Å². The van der Waals surface area contributed by atoms with Gasteiger partial charge in [0.15, 0.2) is 6.29 Å². The Bertz CT molecular complexity index is 259. The molecule has 0 aliphatic heterocycles. The first-order valence-corrected chi connectivity index (χ1v) is 6.10. The largest absolute Gasteiger partial charge is 0.353 e. The van der Waals surface area contributed by atoms with Gasteiger partial charge in [0.1, 0.15) is 0 Å². The summed E-state index contributed by atoms with van der Waals surface area (Å²) >= 11 is 0. The molecule has 0 fully saturated rings. The van der Waals surface area contributed by atoms with Gasteiger partial charge in [-0.1, -0.05) is 43.7 Å². The monoisotopic (exact) mass is 222 g/mol. The quantitative estimate of drug-likeness (QED) is 0.495. The van der Waals surface area contributed by atoms with E-state index in [1.54, 1.807) is 0 Å². The van der Waals surface area contributed by atoms with E-state index >= 15 is 0 Å². The maximum Gasteiger partial charge on any atom is 0.154 e. The Balaban J connectivity index is 2.06. The minimum Gasteiger partial charge on any atom is -0.353 e. The summed E-state index contributed by atoms with van der Waals surface area (Å²) in [6.07, 6.45) is 3.13. The maximum atomic E-state index is 5.57. The molecule has 1 atom stereocenters. The highest BCUT2D eigenvalue weighted by molar-refractivity contribution is 5.14. The van der Waals surface area contributed by atoms with E-state index < -0.39 is 0 Å². The van der Waals surface area contributed by atoms with Crippen LogP contribution in [0.25, 0.3) is 0 Å². The maximum absolute atomic E-state index is 5.57. The molecule has 1 rings (SSSR count). The van der Waals surface area contributed by atoms with Crippen molar-refractivity contribution in [1.29, 1.82) is 0 Å². The minimum absolute atomic E-state index is 0.0877. The van der Waals surface area contributed by atoms with Gasteiger partial charge in [-0.2, -0.15) is 0 Å². The van der Waals surface area contributed by atoms with Crippen LogP contribution in [0.4, 0.5) is 0 Å². The lowest BCUT2D eigenvalue weighted by Crippen LogP contribution is -2.15. The van der Waals surface area contributed by atoms with Crippen molar-refractivity contribution in [3.05, 3.63) is 35.9 Å². The second-order valence-electron chi connectivity index (χ2n) is 3.90. The van der Waals surface area contributed by atoms with Crippen molar-refractivity contribution in [2.45, 2.75) is 39.4 Å². The predicted molar refractivity (Wildman–Crippen MR) is 66.4 cm³/mol. The minimum atomic E-state index is -0.0877.